The Balaban J connectivity index is 2.60. The molecule has 19 heavy (non-hydrogen) atoms. The van der Waals surface area contributed by atoms with E-state index in [0.717, 1.165) is 23.0 Å². The number of carbonyl (C=O) groups excluding carboxylic acids is 1. The molecule has 0 aliphatic rings. The highest BCUT2D eigenvalue weighted by molar-refractivity contribution is 6.34. The van der Waals surface area contributed by atoms with Gasteiger partial charge < -0.3 is 0 Å². The van der Waals surface area contributed by atoms with Gasteiger partial charge in [0.1, 0.15) is 0 Å². The van der Waals surface area contributed by atoms with Crippen molar-refractivity contribution in [1.82, 2.24) is 0 Å². The topological polar surface area (TPSA) is 17.1 Å². The van der Waals surface area contributed by atoms with E-state index in [4.69, 9.17) is 11.6 Å². The number of carbonyl (C=O) groups is 1. The van der Waals surface area contributed by atoms with Crippen LogP contribution in [-0.2, 0) is 4.79 Å². The van der Waals surface area contributed by atoms with E-state index < -0.39 is 0 Å². The molecule has 0 aliphatic heterocycles. The fourth-order valence-electron chi connectivity index (χ4n) is 2.07. The number of halogens is 1. The number of hydrogen-bond acceptors (Lipinski definition) is 1. The largest absolute Gasteiger partial charge is 0.298 e. The van der Waals surface area contributed by atoms with E-state index in [1.54, 1.807) is 6.07 Å². The maximum atomic E-state index is 11.4. The van der Waals surface area contributed by atoms with Gasteiger partial charge in [-0.25, -0.2) is 0 Å². The lowest BCUT2D eigenvalue weighted by Gasteiger charge is -2.09. The molecule has 0 amide bonds. The van der Waals surface area contributed by atoms with E-state index in [-0.39, 0.29) is 0 Å². The van der Waals surface area contributed by atoms with Crippen LogP contribution >= 0.6 is 11.6 Å². The minimum atomic E-state index is 0.594. The summed E-state index contributed by atoms with van der Waals surface area (Å²) in [5, 5.41) is 0.594. The number of aldehydes is 1. The van der Waals surface area contributed by atoms with Crippen LogP contribution in [0.1, 0.15) is 23.6 Å². The zero-order valence-corrected chi connectivity index (χ0v) is 11.7. The first kappa shape index (κ1) is 13.6. The first-order chi connectivity index (χ1) is 9.13. The van der Waals surface area contributed by atoms with Crippen molar-refractivity contribution in [3.63, 3.8) is 0 Å². The summed E-state index contributed by atoms with van der Waals surface area (Å²) in [6.07, 6.45) is 0.874. The van der Waals surface area contributed by atoms with Gasteiger partial charge >= 0.3 is 0 Å². The van der Waals surface area contributed by atoms with Crippen molar-refractivity contribution in [2.45, 2.75) is 13.8 Å². The molecule has 1 nitrogen and oxygen atoms in total. The van der Waals surface area contributed by atoms with E-state index >= 15 is 0 Å². The Kier molecular flexibility index (Phi) is 4.18. The molecule has 0 atom stereocenters. The number of benzene rings is 2. The summed E-state index contributed by atoms with van der Waals surface area (Å²) in [7, 11) is 0. The van der Waals surface area contributed by atoms with Crippen LogP contribution in [0.3, 0.4) is 0 Å². The van der Waals surface area contributed by atoms with Gasteiger partial charge in [-0.3, -0.25) is 4.79 Å². The maximum absolute atomic E-state index is 11.4. The molecule has 2 aromatic rings. The standard InChI is InChI=1S/C17H15ClO/c1-12-6-5-7-14(10-12)13(2)16(11-19)15-8-3-4-9-17(15)18/h3-11H,1-2H3/b16-13+. The van der Waals surface area contributed by atoms with Crippen molar-refractivity contribution in [1.29, 1.82) is 0 Å². The summed E-state index contributed by atoms with van der Waals surface area (Å²) in [6, 6.07) is 15.5. The van der Waals surface area contributed by atoms with E-state index in [0.29, 0.717) is 10.6 Å². The fraction of sp³-hybridized carbons (Fsp3) is 0.118. The van der Waals surface area contributed by atoms with Crippen molar-refractivity contribution >= 4 is 29.0 Å². The summed E-state index contributed by atoms with van der Waals surface area (Å²) in [5.74, 6) is 0. The molecule has 0 radical (unpaired) electrons. The normalized spacial score (nSPS) is 11.9. The van der Waals surface area contributed by atoms with Gasteiger partial charge in [0, 0.05) is 16.2 Å². The monoisotopic (exact) mass is 270 g/mol. The van der Waals surface area contributed by atoms with Crippen LogP contribution in [-0.4, -0.2) is 6.29 Å². The Hall–Kier alpha value is -1.86. The lowest BCUT2D eigenvalue weighted by atomic mass is 9.96. The molecule has 0 fully saturated rings. The molecule has 2 aromatic carbocycles. The van der Waals surface area contributed by atoms with Crippen LogP contribution in [0.5, 0.6) is 0 Å². The number of allylic oxidation sites excluding steroid dienone is 2. The first-order valence-electron chi connectivity index (χ1n) is 6.11. The second-order valence-electron chi connectivity index (χ2n) is 4.51. The highest BCUT2D eigenvalue weighted by atomic mass is 35.5. The molecule has 0 bridgehead atoms. The Morgan fingerprint density at radius 1 is 1.11 bits per heavy atom. The highest BCUT2D eigenvalue weighted by Gasteiger charge is 2.10. The molecule has 96 valence electrons. The van der Waals surface area contributed by atoms with Crippen molar-refractivity contribution < 1.29 is 4.79 Å². The molecule has 0 aliphatic carbocycles. The van der Waals surface area contributed by atoms with Crippen molar-refractivity contribution in [3.8, 4) is 0 Å². The second-order valence-corrected chi connectivity index (χ2v) is 4.91. The van der Waals surface area contributed by atoms with Crippen LogP contribution in [0.2, 0.25) is 5.02 Å². The van der Waals surface area contributed by atoms with Gasteiger partial charge in [-0.1, -0.05) is 59.6 Å². The van der Waals surface area contributed by atoms with Crippen LogP contribution in [0.25, 0.3) is 11.1 Å². The number of aryl methyl sites for hydroxylation is 1. The van der Waals surface area contributed by atoms with Gasteiger partial charge in [0.2, 0.25) is 0 Å². The van der Waals surface area contributed by atoms with E-state index in [9.17, 15) is 4.79 Å². The molecule has 0 saturated heterocycles. The quantitative estimate of drug-likeness (QED) is 0.446. The Bertz CT molecular complexity index is 641. The lowest BCUT2D eigenvalue weighted by molar-refractivity contribution is -0.103. The number of hydrogen-bond donors (Lipinski definition) is 0. The van der Waals surface area contributed by atoms with E-state index in [1.807, 2.05) is 50.2 Å². The summed E-state index contributed by atoms with van der Waals surface area (Å²) in [5.41, 5.74) is 4.56. The molecule has 0 unspecified atom stereocenters. The second kappa shape index (κ2) is 5.85. The lowest BCUT2D eigenvalue weighted by Crippen LogP contribution is -1.92. The number of rotatable bonds is 3. The molecule has 0 heterocycles. The predicted molar refractivity (Wildman–Crippen MR) is 81.2 cm³/mol. The van der Waals surface area contributed by atoms with E-state index in [1.165, 1.54) is 5.56 Å². The Morgan fingerprint density at radius 2 is 1.84 bits per heavy atom. The molecule has 2 heteroatoms. The first-order valence-corrected chi connectivity index (χ1v) is 6.49. The molecule has 2 rings (SSSR count). The van der Waals surface area contributed by atoms with Gasteiger partial charge in [0.05, 0.1) is 0 Å². The third-order valence-corrected chi connectivity index (χ3v) is 3.47. The molecular formula is C17H15ClO. The van der Waals surface area contributed by atoms with Gasteiger partial charge in [-0.2, -0.15) is 0 Å². The molecular weight excluding hydrogens is 256 g/mol. The molecule has 0 aromatic heterocycles. The molecule has 0 spiro atoms. The highest BCUT2D eigenvalue weighted by Crippen LogP contribution is 2.29. The third-order valence-electron chi connectivity index (χ3n) is 3.14. The summed E-state index contributed by atoms with van der Waals surface area (Å²) < 4.78 is 0. The van der Waals surface area contributed by atoms with Crippen LogP contribution in [0.15, 0.2) is 48.5 Å². The van der Waals surface area contributed by atoms with E-state index in [2.05, 4.69) is 6.07 Å². The predicted octanol–water partition coefficient (Wildman–Crippen LogP) is 4.78. The molecule has 0 saturated carbocycles. The fourth-order valence-corrected chi connectivity index (χ4v) is 2.30. The van der Waals surface area contributed by atoms with Crippen molar-refractivity contribution in [2.24, 2.45) is 0 Å². The minimum absolute atomic E-state index is 0.594. The van der Waals surface area contributed by atoms with Gasteiger partial charge in [0.15, 0.2) is 6.29 Å². The minimum Gasteiger partial charge on any atom is -0.298 e. The Morgan fingerprint density at radius 3 is 2.47 bits per heavy atom. The smallest absolute Gasteiger partial charge is 0.150 e. The summed E-state index contributed by atoms with van der Waals surface area (Å²) >= 11 is 6.17. The maximum Gasteiger partial charge on any atom is 0.150 e. The van der Waals surface area contributed by atoms with Gasteiger partial charge in [0.25, 0.3) is 0 Å². The van der Waals surface area contributed by atoms with Gasteiger partial charge in [-0.15, -0.1) is 0 Å². The third kappa shape index (κ3) is 2.94. The van der Waals surface area contributed by atoms with Crippen molar-refractivity contribution in [3.05, 3.63) is 70.2 Å². The van der Waals surface area contributed by atoms with Crippen LogP contribution < -0.4 is 0 Å². The zero-order chi connectivity index (χ0) is 13.8. The Labute approximate surface area is 118 Å². The van der Waals surface area contributed by atoms with Gasteiger partial charge in [-0.05, 0) is 31.1 Å². The SMILES string of the molecule is C/C(=C(/C=O)c1ccccc1Cl)c1cccc(C)c1. The molecule has 0 N–H and O–H groups in total. The van der Waals surface area contributed by atoms with Crippen LogP contribution in [0, 0.1) is 6.92 Å². The van der Waals surface area contributed by atoms with Crippen LogP contribution in [0.4, 0.5) is 0 Å². The summed E-state index contributed by atoms with van der Waals surface area (Å²) in [6.45, 7) is 3.98. The summed E-state index contributed by atoms with van der Waals surface area (Å²) in [4.78, 5) is 11.4. The average molecular weight is 271 g/mol. The average Bonchev–Trinajstić information content (AvgIpc) is 2.41. The zero-order valence-electron chi connectivity index (χ0n) is 11.0. The van der Waals surface area contributed by atoms with Crippen molar-refractivity contribution in [2.75, 3.05) is 0 Å².